The summed E-state index contributed by atoms with van der Waals surface area (Å²) in [5, 5.41) is 3.24. The van der Waals surface area contributed by atoms with Crippen molar-refractivity contribution in [3.05, 3.63) is 0 Å². The van der Waals surface area contributed by atoms with Gasteiger partial charge >= 0.3 is 6.18 Å². The second kappa shape index (κ2) is 6.42. The lowest BCUT2D eigenvalue weighted by Gasteiger charge is -2.29. The second-order valence-corrected chi connectivity index (χ2v) is 4.26. The molecule has 6 heteroatoms. The summed E-state index contributed by atoms with van der Waals surface area (Å²) in [6.07, 6.45) is -4.76. The smallest absolute Gasteiger partial charge is 0.314 e. The first-order valence-corrected chi connectivity index (χ1v) is 5.66. The monoisotopic (exact) mass is 239 g/mol. The number of halogens is 3. The fraction of sp³-hybridized carbons (Fsp3) is 1.00. The zero-order valence-electron chi connectivity index (χ0n) is 9.69. The normalized spacial score (nSPS) is 19.3. The molecule has 1 aliphatic heterocycles. The maximum absolute atomic E-state index is 12.0. The van der Waals surface area contributed by atoms with Gasteiger partial charge in [0.2, 0.25) is 0 Å². The Kier molecular flexibility index (Phi) is 5.51. The molecule has 96 valence electrons. The van der Waals surface area contributed by atoms with Gasteiger partial charge in [-0.05, 0) is 7.05 Å². The molecule has 0 saturated carbocycles. The van der Waals surface area contributed by atoms with Crippen LogP contribution in [0, 0.1) is 0 Å². The molecule has 16 heavy (non-hydrogen) atoms. The second-order valence-electron chi connectivity index (χ2n) is 4.26. The highest BCUT2D eigenvalue weighted by molar-refractivity contribution is 4.69. The van der Waals surface area contributed by atoms with E-state index in [1.165, 1.54) is 0 Å². The molecule has 0 unspecified atom stereocenters. The predicted octanol–water partition coefficient (Wildman–Crippen LogP) is 0.776. The Morgan fingerprint density at radius 1 is 1.19 bits per heavy atom. The van der Waals surface area contributed by atoms with Crippen LogP contribution >= 0.6 is 0 Å². The van der Waals surface area contributed by atoms with Crippen LogP contribution in [0.2, 0.25) is 0 Å². The van der Waals surface area contributed by atoms with Crippen molar-refractivity contribution in [3.63, 3.8) is 0 Å². The van der Waals surface area contributed by atoms with E-state index in [1.807, 2.05) is 0 Å². The van der Waals surface area contributed by atoms with Gasteiger partial charge in [-0.25, -0.2) is 0 Å². The van der Waals surface area contributed by atoms with E-state index in [0.29, 0.717) is 6.54 Å². The number of hydrogen-bond donors (Lipinski definition) is 1. The number of nitrogens with one attached hydrogen (secondary N) is 1. The molecule has 1 fully saturated rings. The zero-order chi connectivity index (χ0) is 12.0. The maximum Gasteiger partial charge on any atom is 0.390 e. The average Bonchev–Trinajstić information content (AvgIpc) is 2.24. The molecule has 1 heterocycles. The molecule has 0 atom stereocenters. The van der Waals surface area contributed by atoms with Crippen molar-refractivity contribution in [1.82, 2.24) is 15.1 Å². The van der Waals surface area contributed by atoms with Crippen molar-refractivity contribution in [1.29, 1.82) is 0 Å². The highest BCUT2D eigenvalue weighted by Gasteiger charge is 2.27. The summed E-state index contributed by atoms with van der Waals surface area (Å²) in [7, 11) is 1.74. The van der Waals surface area contributed by atoms with Crippen molar-refractivity contribution in [2.45, 2.75) is 12.6 Å². The van der Waals surface area contributed by atoms with E-state index in [0.717, 1.165) is 32.7 Å². The molecule has 0 bridgehead atoms. The Labute approximate surface area is 94.6 Å². The van der Waals surface area contributed by atoms with Gasteiger partial charge < -0.3 is 10.2 Å². The fourth-order valence-corrected chi connectivity index (χ4v) is 1.68. The average molecular weight is 239 g/mol. The Morgan fingerprint density at radius 2 is 1.81 bits per heavy atom. The number of alkyl halides is 3. The van der Waals surface area contributed by atoms with Crippen molar-refractivity contribution < 1.29 is 13.2 Å². The van der Waals surface area contributed by atoms with Crippen molar-refractivity contribution in [2.75, 3.05) is 52.9 Å². The summed E-state index contributed by atoms with van der Waals surface area (Å²) in [5.41, 5.74) is 0. The Hall–Kier alpha value is -0.330. The topological polar surface area (TPSA) is 18.5 Å². The van der Waals surface area contributed by atoms with Gasteiger partial charge in [0.25, 0.3) is 0 Å². The lowest BCUT2D eigenvalue weighted by molar-refractivity contribution is -0.137. The third kappa shape index (κ3) is 6.30. The summed E-state index contributed by atoms with van der Waals surface area (Å²) < 4.78 is 35.9. The lowest BCUT2D eigenvalue weighted by atomic mass is 10.3. The van der Waals surface area contributed by atoms with Gasteiger partial charge in [-0.15, -0.1) is 0 Å². The standard InChI is InChI=1S/C10H20F3N3/c1-15(5-2-10(11,12)13)8-9-16-6-3-14-4-7-16/h14H,2-9H2,1H3. The third-order valence-corrected chi connectivity index (χ3v) is 2.78. The van der Waals surface area contributed by atoms with Crippen LogP contribution in [0.15, 0.2) is 0 Å². The van der Waals surface area contributed by atoms with E-state index >= 15 is 0 Å². The molecular formula is C10H20F3N3. The Bertz CT molecular complexity index is 190. The van der Waals surface area contributed by atoms with Crippen LogP contribution in [0.25, 0.3) is 0 Å². The first kappa shape index (κ1) is 13.7. The molecule has 3 nitrogen and oxygen atoms in total. The third-order valence-electron chi connectivity index (χ3n) is 2.78. The van der Waals surface area contributed by atoms with Crippen LogP contribution in [0.4, 0.5) is 13.2 Å². The molecule has 0 radical (unpaired) electrons. The Balaban J connectivity index is 2.07. The van der Waals surface area contributed by atoms with E-state index < -0.39 is 12.6 Å². The van der Waals surface area contributed by atoms with Crippen LogP contribution in [-0.2, 0) is 0 Å². The quantitative estimate of drug-likeness (QED) is 0.764. The maximum atomic E-state index is 12.0. The largest absolute Gasteiger partial charge is 0.390 e. The molecule has 0 spiro atoms. The molecule has 1 rings (SSSR count). The minimum atomic E-state index is -4.04. The molecule has 0 aromatic carbocycles. The molecule has 0 aliphatic carbocycles. The minimum absolute atomic E-state index is 0.0928. The van der Waals surface area contributed by atoms with Crippen molar-refractivity contribution in [3.8, 4) is 0 Å². The minimum Gasteiger partial charge on any atom is -0.314 e. The Morgan fingerprint density at radius 3 is 2.38 bits per heavy atom. The molecule has 0 amide bonds. The van der Waals surface area contributed by atoms with Gasteiger partial charge in [0, 0.05) is 45.8 Å². The van der Waals surface area contributed by atoms with Gasteiger partial charge in [-0.2, -0.15) is 13.2 Å². The highest BCUT2D eigenvalue weighted by Crippen LogP contribution is 2.19. The lowest BCUT2D eigenvalue weighted by Crippen LogP contribution is -2.46. The molecule has 0 aromatic heterocycles. The van der Waals surface area contributed by atoms with Gasteiger partial charge in [0.1, 0.15) is 0 Å². The van der Waals surface area contributed by atoms with Crippen molar-refractivity contribution in [2.24, 2.45) is 0 Å². The van der Waals surface area contributed by atoms with Crippen LogP contribution in [-0.4, -0.2) is 68.8 Å². The number of rotatable bonds is 5. The van der Waals surface area contributed by atoms with E-state index in [4.69, 9.17) is 0 Å². The zero-order valence-corrected chi connectivity index (χ0v) is 9.69. The van der Waals surface area contributed by atoms with E-state index in [-0.39, 0.29) is 6.54 Å². The number of nitrogens with zero attached hydrogens (tertiary/aromatic N) is 2. The summed E-state index contributed by atoms with van der Waals surface area (Å²) >= 11 is 0. The van der Waals surface area contributed by atoms with Gasteiger partial charge in [-0.1, -0.05) is 0 Å². The van der Waals surface area contributed by atoms with Gasteiger partial charge in [0.05, 0.1) is 6.42 Å². The molecule has 1 N–H and O–H groups in total. The molecule has 0 aromatic rings. The number of piperazine rings is 1. The molecular weight excluding hydrogens is 219 g/mol. The summed E-state index contributed by atoms with van der Waals surface area (Å²) in [4.78, 5) is 4.02. The molecule has 1 saturated heterocycles. The van der Waals surface area contributed by atoms with Gasteiger partial charge in [-0.3, -0.25) is 4.90 Å². The van der Waals surface area contributed by atoms with Crippen LogP contribution in [0.3, 0.4) is 0 Å². The van der Waals surface area contributed by atoms with Crippen molar-refractivity contribution >= 4 is 0 Å². The van der Waals surface area contributed by atoms with E-state index in [2.05, 4.69) is 10.2 Å². The van der Waals surface area contributed by atoms with Crippen LogP contribution in [0.5, 0.6) is 0 Å². The van der Waals surface area contributed by atoms with E-state index in [1.54, 1.807) is 11.9 Å². The SMILES string of the molecule is CN(CCN1CCNCC1)CCC(F)(F)F. The predicted molar refractivity (Wildman–Crippen MR) is 57.5 cm³/mol. The number of hydrogen-bond acceptors (Lipinski definition) is 3. The summed E-state index contributed by atoms with van der Waals surface area (Å²) in [6.45, 7) is 5.60. The van der Waals surface area contributed by atoms with E-state index in [9.17, 15) is 13.2 Å². The van der Waals surface area contributed by atoms with Crippen LogP contribution < -0.4 is 5.32 Å². The first-order valence-electron chi connectivity index (χ1n) is 5.66. The summed E-state index contributed by atoms with van der Waals surface area (Å²) in [6, 6.07) is 0. The first-order chi connectivity index (χ1) is 7.47. The molecule has 1 aliphatic rings. The highest BCUT2D eigenvalue weighted by atomic mass is 19.4. The summed E-state index contributed by atoms with van der Waals surface area (Å²) in [5.74, 6) is 0. The van der Waals surface area contributed by atoms with Gasteiger partial charge in [0.15, 0.2) is 0 Å². The van der Waals surface area contributed by atoms with Crippen LogP contribution in [0.1, 0.15) is 6.42 Å². The number of likely N-dealkylation sites (N-methyl/N-ethyl adjacent to an activating group) is 1. The fourth-order valence-electron chi connectivity index (χ4n) is 1.68.